The number of aliphatic hydroxyl groups is 1. The molecule has 1 aliphatic rings. The molecule has 1 fully saturated rings. The van der Waals surface area contributed by atoms with Crippen molar-refractivity contribution >= 4 is 34.6 Å². The van der Waals surface area contributed by atoms with E-state index in [4.69, 9.17) is 11.6 Å². The molecule has 6 nitrogen and oxygen atoms in total. The number of carboxylic acids is 1. The van der Waals surface area contributed by atoms with Gasteiger partial charge in [0, 0.05) is 12.6 Å². The van der Waals surface area contributed by atoms with Crippen molar-refractivity contribution in [2.45, 2.75) is 70.9 Å². The average Bonchev–Trinajstić information content (AvgIpc) is 2.74. The van der Waals surface area contributed by atoms with Gasteiger partial charge in [0.15, 0.2) is 0 Å². The summed E-state index contributed by atoms with van der Waals surface area (Å²) in [7, 11) is 0. The first-order valence-electron chi connectivity index (χ1n) is 11.4. The number of carboxylic acid groups (broad SMARTS) is 1. The Balaban J connectivity index is 1.99. The van der Waals surface area contributed by atoms with Gasteiger partial charge in [-0.3, -0.25) is 4.79 Å². The van der Waals surface area contributed by atoms with Gasteiger partial charge in [-0.15, -0.1) is 0 Å². The predicted molar refractivity (Wildman–Crippen MR) is 130 cm³/mol. The third-order valence-electron chi connectivity index (χ3n) is 6.06. The third kappa shape index (κ3) is 6.59. The van der Waals surface area contributed by atoms with Gasteiger partial charge in [-0.2, -0.15) is 0 Å². The van der Waals surface area contributed by atoms with Crippen molar-refractivity contribution in [3.8, 4) is 0 Å². The number of aliphatic hydroxyl groups excluding tert-OH is 1. The second-order valence-corrected chi connectivity index (χ2v) is 9.67. The SMILES string of the molecule is CC(C)CN(c1ccc([C@H](C)CC(=O)O)cc1Nc1ccc(Cl)nc1)C1CCC(O)CC1. The van der Waals surface area contributed by atoms with Gasteiger partial charge < -0.3 is 20.4 Å². The normalized spacial score (nSPS) is 19.6. The first-order chi connectivity index (χ1) is 15.2. The monoisotopic (exact) mass is 459 g/mol. The first-order valence-corrected chi connectivity index (χ1v) is 11.8. The summed E-state index contributed by atoms with van der Waals surface area (Å²) in [6.45, 7) is 7.26. The summed E-state index contributed by atoms with van der Waals surface area (Å²) in [5, 5.41) is 23.2. The van der Waals surface area contributed by atoms with E-state index in [1.54, 1.807) is 12.3 Å². The number of rotatable bonds is 9. The topological polar surface area (TPSA) is 85.7 Å². The Morgan fingerprint density at radius 3 is 2.50 bits per heavy atom. The minimum atomic E-state index is -0.805. The van der Waals surface area contributed by atoms with Crippen LogP contribution >= 0.6 is 11.6 Å². The number of halogens is 1. The molecule has 2 aromatic rings. The zero-order valence-corrected chi connectivity index (χ0v) is 19.8. The smallest absolute Gasteiger partial charge is 0.303 e. The Kier molecular flexibility index (Phi) is 8.38. The van der Waals surface area contributed by atoms with E-state index in [0.29, 0.717) is 17.1 Å². The summed E-state index contributed by atoms with van der Waals surface area (Å²) in [6.07, 6.45) is 5.11. The second kappa shape index (κ2) is 11.0. The van der Waals surface area contributed by atoms with Crippen molar-refractivity contribution in [3.63, 3.8) is 0 Å². The molecule has 0 spiro atoms. The molecule has 3 N–H and O–H groups in total. The lowest BCUT2D eigenvalue weighted by Crippen LogP contribution is -2.41. The van der Waals surface area contributed by atoms with Crippen LogP contribution in [0.4, 0.5) is 17.1 Å². The molecule has 1 aliphatic carbocycles. The molecule has 7 heteroatoms. The van der Waals surface area contributed by atoms with Crippen LogP contribution in [-0.4, -0.2) is 39.9 Å². The summed E-state index contributed by atoms with van der Waals surface area (Å²) >= 11 is 5.96. The minimum absolute atomic E-state index is 0.0809. The standard InChI is InChI=1S/C25H34ClN3O3/c1-16(2)15-29(20-6-8-21(30)9-7-20)23-10-4-18(17(3)12-25(31)32)13-22(23)28-19-5-11-24(26)27-14-19/h4-5,10-11,13-14,16-17,20-21,28,30H,6-9,12,15H2,1-3H3,(H,31,32)/t17-,20?,21?/m1/s1. The lowest BCUT2D eigenvalue weighted by molar-refractivity contribution is -0.137. The summed E-state index contributed by atoms with van der Waals surface area (Å²) in [5.41, 5.74) is 3.81. The Morgan fingerprint density at radius 1 is 1.19 bits per heavy atom. The van der Waals surface area contributed by atoms with Gasteiger partial charge in [0.25, 0.3) is 0 Å². The molecule has 32 heavy (non-hydrogen) atoms. The van der Waals surface area contributed by atoms with E-state index < -0.39 is 5.97 Å². The quantitative estimate of drug-likeness (QED) is 0.409. The van der Waals surface area contributed by atoms with Crippen LogP contribution in [0.5, 0.6) is 0 Å². The molecule has 0 amide bonds. The number of nitrogens with zero attached hydrogens (tertiary/aromatic N) is 2. The van der Waals surface area contributed by atoms with E-state index in [1.165, 1.54) is 0 Å². The second-order valence-electron chi connectivity index (χ2n) is 9.28. The van der Waals surface area contributed by atoms with Gasteiger partial charge in [0.1, 0.15) is 5.15 Å². The van der Waals surface area contributed by atoms with Crippen LogP contribution < -0.4 is 10.2 Å². The Morgan fingerprint density at radius 2 is 1.91 bits per heavy atom. The molecule has 1 aromatic carbocycles. The van der Waals surface area contributed by atoms with E-state index in [9.17, 15) is 15.0 Å². The highest BCUT2D eigenvalue weighted by molar-refractivity contribution is 6.29. The fourth-order valence-electron chi connectivity index (χ4n) is 4.40. The van der Waals surface area contributed by atoms with Crippen LogP contribution in [0.15, 0.2) is 36.5 Å². The van der Waals surface area contributed by atoms with Crippen LogP contribution in [0.3, 0.4) is 0 Å². The van der Waals surface area contributed by atoms with Gasteiger partial charge in [0.05, 0.1) is 35.8 Å². The maximum Gasteiger partial charge on any atom is 0.303 e. The fraction of sp³-hybridized carbons (Fsp3) is 0.520. The lowest BCUT2D eigenvalue weighted by atomic mass is 9.90. The molecular weight excluding hydrogens is 426 g/mol. The molecule has 0 radical (unpaired) electrons. The largest absolute Gasteiger partial charge is 0.481 e. The minimum Gasteiger partial charge on any atom is -0.481 e. The van der Waals surface area contributed by atoms with Crippen LogP contribution in [0.1, 0.15) is 64.4 Å². The van der Waals surface area contributed by atoms with Gasteiger partial charge in [-0.05, 0) is 67.3 Å². The maximum atomic E-state index is 11.3. The number of benzene rings is 1. The number of anilines is 3. The van der Waals surface area contributed by atoms with Gasteiger partial charge in [-0.1, -0.05) is 38.4 Å². The Labute approximate surface area is 195 Å². The molecule has 0 bridgehead atoms. The molecule has 0 saturated heterocycles. The Bertz CT molecular complexity index is 896. The van der Waals surface area contributed by atoms with Gasteiger partial charge in [0.2, 0.25) is 0 Å². The van der Waals surface area contributed by atoms with Crippen molar-refractivity contribution in [1.29, 1.82) is 0 Å². The van der Waals surface area contributed by atoms with Gasteiger partial charge >= 0.3 is 5.97 Å². The lowest BCUT2D eigenvalue weighted by Gasteiger charge is -2.39. The van der Waals surface area contributed by atoms with Crippen LogP contribution in [-0.2, 0) is 4.79 Å². The predicted octanol–water partition coefficient (Wildman–Crippen LogP) is 5.82. The summed E-state index contributed by atoms with van der Waals surface area (Å²) in [5.74, 6) is -0.438. The molecule has 1 heterocycles. The zero-order chi connectivity index (χ0) is 23.3. The molecule has 1 aromatic heterocycles. The molecule has 174 valence electrons. The molecule has 0 aliphatic heterocycles. The highest BCUT2D eigenvalue weighted by Gasteiger charge is 2.27. The van der Waals surface area contributed by atoms with E-state index in [0.717, 1.165) is 54.9 Å². The summed E-state index contributed by atoms with van der Waals surface area (Å²) < 4.78 is 0. The van der Waals surface area contributed by atoms with Crippen LogP contribution in [0.2, 0.25) is 5.15 Å². The molecule has 0 unspecified atom stereocenters. The van der Waals surface area contributed by atoms with Crippen molar-refractivity contribution in [3.05, 3.63) is 47.2 Å². The molecule has 3 rings (SSSR count). The number of carbonyl (C=O) groups is 1. The average molecular weight is 460 g/mol. The summed E-state index contributed by atoms with van der Waals surface area (Å²) in [6, 6.07) is 10.2. The van der Waals surface area contributed by atoms with Crippen molar-refractivity contribution in [2.24, 2.45) is 5.92 Å². The zero-order valence-electron chi connectivity index (χ0n) is 19.1. The summed E-state index contributed by atoms with van der Waals surface area (Å²) in [4.78, 5) is 17.9. The number of nitrogens with one attached hydrogen (secondary N) is 1. The van der Waals surface area contributed by atoms with Crippen molar-refractivity contribution < 1.29 is 15.0 Å². The number of pyridine rings is 1. The van der Waals surface area contributed by atoms with E-state index in [-0.39, 0.29) is 18.4 Å². The first kappa shape index (κ1) is 24.3. The van der Waals surface area contributed by atoms with Crippen molar-refractivity contribution in [1.82, 2.24) is 4.98 Å². The van der Waals surface area contributed by atoms with E-state index >= 15 is 0 Å². The Hall–Kier alpha value is -2.31. The van der Waals surface area contributed by atoms with Gasteiger partial charge in [-0.25, -0.2) is 4.98 Å². The van der Waals surface area contributed by atoms with Crippen LogP contribution in [0.25, 0.3) is 0 Å². The molecular formula is C25H34ClN3O3. The number of hydrogen-bond acceptors (Lipinski definition) is 5. The van der Waals surface area contributed by atoms with Crippen molar-refractivity contribution in [2.75, 3.05) is 16.8 Å². The number of aromatic nitrogens is 1. The highest BCUT2D eigenvalue weighted by atomic mass is 35.5. The number of hydrogen-bond donors (Lipinski definition) is 3. The third-order valence-corrected chi connectivity index (χ3v) is 6.28. The fourth-order valence-corrected chi connectivity index (χ4v) is 4.51. The molecule has 1 saturated carbocycles. The number of aliphatic carboxylic acids is 1. The van der Waals surface area contributed by atoms with E-state index in [1.807, 2.05) is 19.1 Å². The van der Waals surface area contributed by atoms with Crippen LogP contribution in [0, 0.1) is 5.92 Å². The maximum absolute atomic E-state index is 11.3. The van der Waals surface area contributed by atoms with E-state index in [2.05, 4.69) is 41.2 Å². The molecule has 1 atom stereocenters. The highest BCUT2D eigenvalue weighted by Crippen LogP contribution is 2.37.